The highest BCUT2D eigenvalue weighted by Gasteiger charge is 2.39. The summed E-state index contributed by atoms with van der Waals surface area (Å²) in [6, 6.07) is 2.53. The van der Waals surface area contributed by atoms with E-state index in [-0.39, 0.29) is 30.0 Å². The zero-order valence-electron chi connectivity index (χ0n) is 20.9. The third-order valence-corrected chi connectivity index (χ3v) is 7.83. The molecule has 2 aromatic rings. The number of nitrogens with zero attached hydrogens (tertiary/aromatic N) is 6. The number of fused-ring (bicyclic) bond motifs is 1. The molecule has 0 spiro atoms. The molecule has 0 bridgehead atoms. The lowest BCUT2D eigenvalue weighted by atomic mass is 9.87. The van der Waals surface area contributed by atoms with Crippen molar-refractivity contribution >= 4 is 27.7 Å². The quantitative estimate of drug-likeness (QED) is 0.569. The number of hydrogen-bond acceptors (Lipinski definition) is 6. The molecule has 1 saturated carbocycles. The summed E-state index contributed by atoms with van der Waals surface area (Å²) < 4.78 is 8.64. The fourth-order valence-electron chi connectivity index (χ4n) is 5.36. The summed E-state index contributed by atoms with van der Waals surface area (Å²) in [6.07, 6.45) is 6.52. The van der Waals surface area contributed by atoms with Crippen molar-refractivity contribution in [2.45, 2.75) is 77.7 Å². The molecule has 0 aromatic carbocycles. The molecule has 5 rings (SSSR count). The summed E-state index contributed by atoms with van der Waals surface area (Å²) in [6.45, 7) is 11.1. The standard InChI is InChI=1S/C26H33BrN6O2/c1-16(2)22-13-31(7-8-33(22)23(34)14-32-12-18(27)11-29-32)25-20(10-28)19-9-26(3,4)35-15-21(19)24(30-25)17-5-6-17/h11-12,16-17,22H,5-9,13-15H2,1-4H3. The number of halogens is 1. The molecule has 9 heteroatoms. The minimum Gasteiger partial charge on any atom is -0.370 e. The highest BCUT2D eigenvalue weighted by atomic mass is 79.9. The van der Waals surface area contributed by atoms with Gasteiger partial charge in [-0.05, 0) is 54.1 Å². The first-order valence-electron chi connectivity index (χ1n) is 12.5. The van der Waals surface area contributed by atoms with Crippen LogP contribution in [0.4, 0.5) is 5.82 Å². The van der Waals surface area contributed by atoms with Crippen LogP contribution >= 0.6 is 15.9 Å². The van der Waals surface area contributed by atoms with E-state index in [2.05, 4.69) is 59.7 Å². The van der Waals surface area contributed by atoms with Crippen LogP contribution in [0, 0.1) is 17.2 Å². The summed E-state index contributed by atoms with van der Waals surface area (Å²) in [4.78, 5) is 22.6. The maximum atomic E-state index is 13.2. The van der Waals surface area contributed by atoms with Crippen molar-refractivity contribution in [3.63, 3.8) is 0 Å². The van der Waals surface area contributed by atoms with Gasteiger partial charge in [0.15, 0.2) is 0 Å². The lowest BCUT2D eigenvalue weighted by Gasteiger charge is -2.44. The Morgan fingerprint density at radius 2 is 2.09 bits per heavy atom. The van der Waals surface area contributed by atoms with Gasteiger partial charge in [-0.25, -0.2) is 4.98 Å². The Labute approximate surface area is 215 Å². The fourth-order valence-corrected chi connectivity index (χ4v) is 5.68. The number of pyridine rings is 1. The van der Waals surface area contributed by atoms with Crippen LogP contribution in [-0.4, -0.2) is 56.8 Å². The van der Waals surface area contributed by atoms with Gasteiger partial charge in [-0.3, -0.25) is 9.48 Å². The van der Waals surface area contributed by atoms with E-state index in [9.17, 15) is 10.1 Å². The number of aromatic nitrogens is 3. The molecule has 1 amide bonds. The zero-order chi connectivity index (χ0) is 24.9. The molecule has 2 aliphatic heterocycles. The van der Waals surface area contributed by atoms with Gasteiger partial charge >= 0.3 is 0 Å². The van der Waals surface area contributed by atoms with E-state index in [1.807, 2.05) is 11.1 Å². The number of anilines is 1. The Morgan fingerprint density at radius 3 is 2.71 bits per heavy atom. The normalized spacial score (nSPS) is 21.7. The molecule has 0 radical (unpaired) electrons. The predicted molar refractivity (Wildman–Crippen MR) is 136 cm³/mol. The molecule has 8 nitrogen and oxygen atoms in total. The van der Waals surface area contributed by atoms with Gasteiger partial charge in [-0.1, -0.05) is 13.8 Å². The summed E-state index contributed by atoms with van der Waals surface area (Å²) in [5, 5.41) is 14.5. The van der Waals surface area contributed by atoms with Gasteiger partial charge in [-0.2, -0.15) is 10.4 Å². The van der Waals surface area contributed by atoms with Crippen LogP contribution in [0.1, 0.15) is 68.8 Å². The minimum absolute atomic E-state index is 0.0313. The van der Waals surface area contributed by atoms with Crippen LogP contribution in [-0.2, 0) is 29.1 Å². The van der Waals surface area contributed by atoms with E-state index in [0.717, 1.165) is 40.0 Å². The van der Waals surface area contributed by atoms with Crippen molar-refractivity contribution in [1.29, 1.82) is 5.26 Å². The number of nitriles is 1. The first-order chi connectivity index (χ1) is 16.7. The Hall–Kier alpha value is -2.44. The summed E-state index contributed by atoms with van der Waals surface area (Å²) in [7, 11) is 0. The average molecular weight is 541 g/mol. The van der Waals surface area contributed by atoms with Crippen LogP contribution in [0.15, 0.2) is 16.9 Å². The van der Waals surface area contributed by atoms with Crippen molar-refractivity contribution in [2.75, 3.05) is 24.5 Å². The van der Waals surface area contributed by atoms with Crippen LogP contribution in [0.3, 0.4) is 0 Å². The molecular weight excluding hydrogens is 508 g/mol. The van der Waals surface area contributed by atoms with E-state index in [4.69, 9.17) is 9.72 Å². The fraction of sp³-hybridized carbons (Fsp3) is 0.615. The minimum atomic E-state index is -0.300. The van der Waals surface area contributed by atoms with E-state index in [1.165, 1.54) is 0 Å². The molecule has 1 unspecified atom stereocenters. The second kappa shape index (κ2) is 9.21. The summed E-state index contributed by atoms with van der Waals surface area (Å²) in [5.74, 6) is 1.59. The third-order valence-electron chi connectivity index (χ3n) is 7.42. The SMILES string of the molecule is CC(C)C1CN(c2nc(C3CC3)c3c(c2C#N)CC(C)(C)OC3)CCN1C(=O)Cn1cc(Br)cn1. The van der Waals surface area contributed by atoms with E-state index >= 15 is 0 Å². The molecular formula is C26H33BrN6O2. The number of ether oxygens (including phenoxy) is 1. The first kappa shape index (κ1) is 24.3. The number of carbonyl (C=O) groups excluding carboxylic acids is 1. The summed E-state index contributed by atoms with van der Waals surface area (Å²) in [5.41, 5.74) is 3.74. The van der Waals surface area contributed by atoms with Crippen molar-refractivity contribution < 1.29 is 9.53 Å². The largest absolute Gasteiger partial charge is 0.370 e. The Bertz CT molecular complexity index is 1180. The molecule has 4 heterocycles. The molecule has 3 aliphatic rings. The molecule has 1 saturated heterocycles. The Balaban J connectivity index is 1.45. The van der Waals surface area contributed by atoms with E-state index in [1.54, 1.807) is 10.9 Å². The third kappa shape index (κ3) is 4.83. The van der Waals surface area contributed by atoms with Crippen molar-refractivity contribution in [2.24, 2.45) is 5.92 Å². The zero-order valence-corrected chi connectivity index (χ0v) is 22.5. The highest BCUT2D eigenvalue weighted by molar-refractivity contribution is 9.10. The van der Waals surface area contributed by atoms with Crippen LogP contribution in [0.2, 0.25) is 0 Å². The lowest BCUT2D eigenvalue weighted by Crippen LogP contribution is -2.58. The Kier molecular flexibility index (Phi) is 6.39. The number of rotatable bonds is 5. The molecule has 35 heavy (non-hydrogen) atoms. The molecule has 0 N–H and O–H groups in total. The van der Waals surface area contributed by atoms with Crippen molar-refractivity contribution in [1.82, 2.24) is 19.7 Å². The topological polar surface area (TPSA) is 87.3 Å². The van der Waals surface area contributed by atoms with E-state index in [0.29, 0.717) is 44.1 Å². The monoisotopic (exact) mass is 540 g/mol. The van der Waals surface area contributed by atoms with Gasteiger partial charge in [0.05, 0.1) is 40.2 Å². The second-order valence-electron chi connectivity index (χ2n) is 11.0. The average Bonchev–Trinajstić information content (AvgIpc) is 3.58. The number of carbonyl (C=O) groups is 1. The highest BCUT2D eigenvalue weighted by Crippen LogP contribution is 2.46. The van der Waals surface area contributed by atoms with Gasteiger partial charge in [0.2, 0.25) is 5.91 Å². The van der Waals surface area contributed by atoms with Crippen LogP contribution < -0.4 is 4.90 Å². The van der Waals surface area contributed by atoms with Crippen LogP contribution in [0.25, 0.3) is 0 Å². The van der Waals surface area contributed by atoms with Gasteiger partial charge < -0.3 is 14.5 Å². The van der Waals surface area contributed by atoms with Gasteiger partial charge in [0.1, 0.15) is 18.4 Å². The maximum absolute atomic E-state index is 13.2. The number of piperazine rings is 1. The summed E-state index contributed by atoms with van der Waals surface area (Å²) >= 11 is 3.40. The van der Waals surface area contributed by atoms with Crippen molar-refractivity contribution in [3.05, 3.63) is 39.3 Å². The smallest absolute Gasteiger partial charge is 0.244 e. The van der Waals surface area contributed by atoms with E-state index < -0.39 is 0 Å². The molecule has 186 valence electrons. The number of amides is 1. The maximum Gasteiger partial charge on any atom is 0.244 e. The van der Waals surface area contributed by atoms with Gasteiger partial charge in [0.25, 0.3) is 0 Å². The van der Waals surface area contributed by atoms with Crippen LogP contribution in [0.5, 0.6) is 0 Å². The van der Waals surface area contributed by atoms with Crippen molar-refractivity contribution in [3.8, 4) is 6.07 Å². The van der Waals surface area contributed by atoms with Gasteiger partial charge in [-0.15, -0.1) is 0 Å². The molecule has 2 fully saturated rings. The second-order valence-corrected chi connectivity index (χ2v) is 11.9. The lowest BCUT2D eigenvalue weighted by molar-refractivity contribution is -0.135. The first-order valence-corrected chi connectivity index (χ1v) is 13.3. The molecule has 1 aliphatic carbocycles. The molecule has 1 atom stereocenters. The van der Waals surface area contributed by atoms with Gasteiger partial charge in [0, 0.05) is 43.7 Å². The number of hydrogen-bond donors (Lipinski definition) is 0. The predicted octanol–water partition coefficient (Wildman–Crippen LogP) is 4.01. The Morgan fingerprint density at radius 1 is 1.31 bits per heavy atom. The molecule has 2 aromatic heterocycles.